The van der Waals surface area contributed by atoms with Crippen molar-refractivity contribution in [2.45, 2.75) is 13.0 Å². The highest BCUT2D eigenvalue weighted by atomic mass is 16.5. The second-order valence-electron chi connectivity index (χ2n) is 5.23. The minimum atomic E-state index is -0.106. The van der Waals surface area contributed by atoms with Crippen molar-refractivity contribution < 1.29 is 9.53 Å². The maximum absolute atomic E-state index is 12.3. The number of carbonyl (C=O) groups is 1. The van der Waals surface area contributed by atoms with Gasteiger partial charge in [-0.25, -0.2) is 0 Å². The molecule has 1 saturated heterocycles. The number of methoxy groups -OCH3 is 1. The van der Waals surface area contributed by atoms with Gasteiger partial charge in [-0.15, -0.1) is 0 Å². The molecule has 1 aliphatic rings. The Morgan fingerprint density at radius 3 is 2.35 bits per heavy atom. The van der Waals surface area contributed by atoms with Gasteiger partial charge >= 0.3 is 0 Å². The first-order valence-electron chi connectivity index (χ1n) is 6.97. The molecule has 1 aliphatic heterocycles. The average molecular weight is 277 g/mol. The fourth-order valence-electron chi connectivity index (χ4n) is 2.30. The Labute approximate surface area is 120 Å². The first-order valence-corrected chi connectivity index (χ1v) is 6.97. The van der Waals surface area contributed by atoms with Gasteiger partial charge in [0.1, 0.15) is 5.75 Å². The molecule has 1 aromatic rings. The fraction of sp³-hybridized carbons (Fsp3) is 0.533. The zero-order chi connectivity index (χ0) is 14.5. The Bertz CT molecular complexity index is 439. The highest BCUT2D eigenvalue weighted by molar-refractivity contribution is 5.94. The van der Waals surface area contributed by atoms with Crippen molar-refractivity contribution in [1.29, 1.82) is 0 Å². The van der Waals surface area contributed by atoms with E-state index in [0.29, 0.717) is 0 Å². The summed E-state index contributed by atoms with van der Waals surface area (Å²) in [7, 11) is 3.74. The molecule has 0 saturated carbocycles. The second-order valence-corrected chi connectivity index (χ2v) is 5.23. The Morgan fingerprint density at radius 1 is 1.20 bits per heavy atom. The van der Waals surface area contributed by atoms with Gasteiger partial charge in [-0.1, -0.05) is 0 Å². The zero-order valence-electron chi connectivity index (χ0n) is 12.4. The third-order valence-corrected chi connectivity index (χ3v) is 3.82. The SMILES string of the molecule is COc1ccc(NC(=O)[C@@H](C)N2CCN(C)CC2)cc1. The van der Waals surface area contributed by atoms with Crippen LogP contribution in [0, 0.1) is 0 Å². The van der Waals surface area contributed by atoms with Crippen molar-refractivity contribution in [3.8, 4) is 5.75 Å². The molecule has 0 unspecified atom stereocenters. The van der Waals surface area contributed by atoms with Crippen LogP contribution in [0.5, 0.6) is 5.75 Å². The van der Waals surface area contributed by atoms with E-state index in [4.69, 9.17) is 4.74 Å². The monoisotopic (exact) mass is 277 g/mol. The van der Waals surface area contributed by atoms with Crippen LogP contribution in [0.25, 0.3) is 0 Å². The lowest BCUT2D eigenvalue weighted by Gasteiger charge is -2.35. The topological polar surface area (TPSA) is 44.8 Å². The summed E-state index contributed by atoms with van der Waals surface area (Å²) >= 11 is 0. The number of hydrogen-bond acceptors (Lipinski definition) is 4. The number of likely N-dealkylation sites (N-methyl/N-ethyl adjacent to an activating group) is 1. The maximum Gasteiger partial charge on any atom is 0.241 e. The van der Waals surface area contributed by atoms with Gasteiger partial charge in [0.25, 0.3) is 0 Å². The minimum absolute atomic E-state index is 0.0414. The summed E-state index contributed by atoms with van der Waals surface area (Å²) in [5.41, 5.74) is 0.803. The van der Waals surface area contributed by atoms with Crippen LogP contribution in [0.1, 0.15) is 6.92 Å². The first kappa shape index (κ1) is 14.8. The standard InChI is InChI=1S/C15H23N3O2/c1-12(18-10-8-17(2)9-11-18)15(19)16-13-4-6-14(20-3)7-5-13/h4-7,12H,8-11H2,1-3H3,(H,16,19)/t12-/m1/s1. The number of ether oxygens (including phenoxy) is 1. The van der Waals surface area contributed by atoms with Gasteiger partial charge in [-0.3, -0.25) is 9.69 Å². The van der Waals surface area contributed by atoms with E-state index >= 15 is 0 Å². The molecule has 1 amide bonds. The molecule has 110 valence electrons. The summed E-state index contributed by atoms with van der Waals surface area (Å²) in [6.45, 7) is 5.87. The number of amides is 1. The largest absolute Gasteiger partial charge is 0.497 e. The van der Waals surface area contributed by atoms with Crippen LogP contribution < -0.4 is 10.1 Å². The quantitative estimate of drug-likeness (QED) is 0.900. The number of nitrogens with one attached hydrogen (secondary N) is 1. The van der Waals surface area contributed by atoms with Crippen LogP contribution in [0.4, 0.5) is 5.69 Å². The van der Waals surface area contributed by atoms with Gasteiger partial charge in [0.15, 0.2) is 0 Å². The Hall–Kier alpha value is -1.59. The fourth-order valence-corrected chi connectivity index (χ4v) is 2.30. The normalized spacial score (nSPS) is 18.6. The highest BCUT2D eigenvalue weighted by Gasteiger charge is 2.24. The van der Waals surface area contributed by atoms with Gasteiger partial charge in [-0.2, -0.15) is 0 Å². The van der Waals surface area contributed by atoms with Crippen LogP contribution in [0.15, 0.2) is 24.3 Å². The summed E-state index contributed by atoms with van der Waals surface area (Å²) in [5, 5.41) is 2.95. The summed E-state index contributed by atoms with van der Waals surface area (Å²) in [5.74, 6) is 0.829. The van der Waals surface area contributed by atoms with Gasteiger partial charge in [0, 0.05) is 31.9 Å². The van der Waals surface area contributed by atoms with E-state index < -0.39 is 0 Å². The molecule has 1 N–H and O–H groups in total. The molecule has 1 atom stereocenters. The van der Waals surface area contributed by atoms with E-state index in [9.17, 15) is 4.79 Å². The van der Waals surface area contributed by atoms with Crippen molar-refractivity contribution in [3.63, 3.8) is 0 Å². The van der Waals surface area contributed by atoms with Gasteiger partial charge in [0.2, 0.25) is 5.91 Å². The summed E-state index contributed by atoms with van der Waals surface area (Å²) in [4.78, 5) is 16.8. The minimum Gasteiger partial charge on any atom is -0.497 e. The molecule has 20 heavy (non-hydrogen) atoms. The van der Waals surface area contributed by atoms with Crippen LogP contribution in [0.2, 0.25) is 0 Å². The number of rotatable bonds is 4. The average Bonchev–Trinajstić information content (AvgIpc) is 2.48. The van der Waals surface area contributed by atoms with E-state index in [0.717, 1.165) is 37.6 Å². The number of nitrogens with zero attached hydrogens (tertiary/aromatic N) is 2. The first-order chi connectivity index (χ1) is 9.60. The van der Waals surface area contributed by atoms with E-state index in [1.165, 1.54) is 0 Å². The number of piperazine rings is 1. The molecule has 1 heterocycles. The molecular weight excluding hydrogens is 254 g/mol. The molecule has 0 spiro atoms. The zero-order valence-corrected chi connectivity index (χ0v) is 12.4. The Balaban J connectivity index is 1.89. The lowest BCUT2D eigenvalue weighted by Crippen LogP contribution is -2.51. The highest BCUT2D eigenvalue weighted by Crippen LogP contribution is 2.16. The molecule has 0 radical (unpaired) electrons. The lowest BCUT2D eigenvalue weighted by atomic mass is 10.2. The number of carbonyl (C=O) groups excluding carboxylic acids is 1. The molecule has 2 rings (SSSR count). The van der Waals surface area contributed by atoms with Crippen molar-refractivity contribution in [2.24, 2.45) is 0 Å². The molecule has 1 aromatic carbocycles. The lowest BCUT2D eigenvalue weighted by molar-refractivity contribution is -0.121. The smallest absolute Gasteiger partial charge is 0.241 e. The molecule has 5 nitrogen and oxygen atoms in total. The molecule has 1 fully saturated rings. The molecule has 5 heteroatoms. The summed E-state index contributed by atoms with van der Waals surface area (Å²) < 4.78 is 5.10. The Morgan fingerprint density at radius 2 is 1.80 bits per heavy atom. The van der Waals surface area contributed by atoms with E-state index in [-0.39, 0.29) is 11.9 Å². The van der Waals surface area contributed by atoms with Crippen LogP contribution in [-0.4, -0.2) is 62.1 Å². The number of benzene rings is 1. The van der Waals surface area contributed by atoms with Crippen LogP contribution in [0.3, 0.4) is 0 Å². The predicted molar refractivity (Wildman–Crippen MR) is 80.2 cm³/mol. The van der Waals surface area contributed by atoms with E-state index in [1.807, 2.05) is 31.2 Å². The van der Waals surface area contributed by atoms with Gasteiger partial charge in [-0.05, 0) is 38.2 Å². The third kappa shape index (κ3) is 3.71. The van der Waals surface area contributed by atoms with Crippen molar-refractivity contribution in [3.05, 3.63) is 24.3 Å². The maximum atomic E-state index is 12.3. The summed E-state index contributed by atoms with van der Waals surface area (Å²) in [6.07, 6.45) is 0. The van der Waals surface area contributed by atoms with E-state index in [2.05, 4.69) is 22.2 Å². The van der Waals surface area contributed by atoms with Crippen molar-refractivity contribution in [1.82, 2.24) is 9.80 Å². The van der Waals surface area contributed by atoms with Crippen molar-refractivity contribution in [2.75, 3.05) is 45.7 Å². The number of hydrogen-bond donors (Lipinski definition) is 1. The van der Waals surface area contributed by atoms with Crippen LogP contribution >= 0.6 is 0 Å². The van der Waals surface area contributed by atoms with Gasteiger partial charge in [0.05, 0.1) is 13.2 Å². The molecular formula is C15H23N3O2. The second kappa shape index (κ2) is 6.72. The van der Waals surface area contributed by atoms with E-state index in [1.54, 1.807) is 7.11 Å². The van der Waals surface area contributed by atoms with Gasteiger partial charge < -0.3 is 15.0 Å². The third-order valence-electron chi connectivity index (χ3n) is 3.82. The Kier molecular flexibility index (Phi) is 4.98. The summed E-state index contributed by atoms with van der Waals surface area (Å²) in [6, 6.07) is 7.29. The molecule has 0 aliphatic carbocycles. The number of anilines is 1. The van der Waals surface area contributed by atoms with Crippen molar-refractivity contribution >= 4 is 11.6 Å². The van der Waals surface area contributed by atoms with Crippen LogP contribution in [-0.2, 0) is 4.79 Å². The predicted octanol–water partition coefficient (Wildman–Crippen LogP) is 1.27. The molecule has 0 bridgehead atoms. The molecule has 0 aromatic heterocycles.